The number of ether oxygens (including phenoxy) is 1. The van der Waals surface area contributed by atoms with Crippen molar-refractivity contribution in [1.29, 1.82) is 0 Å². The predicted octanol–water partition coefficient (Wildman–Crippen LogP) is 9.54. The molecule has 1 N–H and O–H groups in total. The molecule has 4 aromatic carbocycles. The Labute approximate surface area is 267 Å². The molecular weight excluding hydrogens is 556 g/mol. The van der Waals surface area contributed by atoms with Crippen molar-refractivity contribution in [2.75, 3.05) is 0 Å². The maximum Gasteiger partial charge on any atom is 0.339 e. The SMILES string of the molecule is Cc1c(C)n(Cc2ccc(-c3ccccc3C(=O)OC(C)(C)C)cc2)c2ccc(C(=O)N[C@@H](C)c3cccc(C(C)C)c3)cc12. The molecule has 0 aliphatic carbocycles. The lowest BCUT2D eigenvalue weighted by molar-refractivity contribution is 0.00703. The molecule has 0 spiro atoms. The highest BCUT2D eigenvalue weighted by molar-refractivity contribution is 5.99. The lowest BCUT2D eigenvalue weighted by atomic mass is 9.98. The van der Waals surface area contributed by atoms with Crippen molar-refractivity contribution in [1.82, 2.24) is 9.88 Å². The molecule has 232 valence electrons. The zero-order valence-electron chi connectivity index (χ0n) is 27.7. The Morgan fingerprint density at radius 1 is 0.822 bits per heavy atom. The van der Waals surface area contributed by atoms with E-state index in [0.717, 1.165) is 33.2 Å². The third-order valence-electron chi connectivity index (χ3n) is 8.48. The van der Waals surface area contributed by atoms with Crippen molar-refractivity contribution in [3.8, 4) is 11.1 Å². The van der Waals surface area contributed by atoms with Crippen LogP contribution < -0.4 is 5.32 Å². The smallest absolute Gasteiger partial charge is 0.339 e. The van der Waals surface area contributed by atoms with Crippen LogP contribution >= 0.6 is 0 Å². The van der Waals surface area contributed by atoms with E-state index >= 15 is 0 Å². The fourth-order valence-electron chi connectivity index (χ4n) is 5.76. The largest absolute Gasteiger partial charge is 0.456 e. The molecule has 0 aliphatic rings. The van der Waals surface area contributed by atoms with E-state index in [-0.39, 0.29) is 17.9 Å². The van der Waals surface area contributed by atoms with Gasteiger partial charge in [-0.2, -0.15) is 0 Å². The number of rotatable bonds is 8. The predicted molar refractivity (Wildman–Crippen MR) is 184 cm³/mol. The van der Waals surface area contributed by atoms with Gasteiger partial charge in [0.25, 0.3) is 5.91 Å². The number of benzene rings is 4. The van der Waals surface area contributed by atoms with E-state index in [0.29, 0.717) is 23.6 Å². The lowest BCUT2D eigenvalue weighted by Crippen LogP contribution is -2.26. The number of nitrogens with zero attached hydrogens (tertiary/aromatic N) is 1. The first kappa shape index (κ1) is 31.8. The zero-order chi connectivity index (χ0) is 32.5. The summed E-state index contributed by atoms with van der Waals surface area (Å²) in [6.45, 7) is 17.0. The number of aryl methyl sites for hydroxylation is 1. The Kier molecular flexibility index (Phi) is 9.01. The van der Waals surface area contributed by atoms with Gasteiger partial charge in [-0.3, -0.25) is 4.79 Å². The minimum absolute atomic E-state index is 0.0774. The fraction of sp³-hybridized carbons (Fsp3) is 0.300. The van der Waals surface area contributed by atoms with E-state index in [4.69, 9.17) is 4.74 Å². The van der Waals surface area contributed by atoms with E-state index in [1.54, 1.807) is 0 Å². The van der Waals surface area contributed by atoms with Gasteiger partial charge in [-0.05, 0) is 105 Å². The number of fused-ring (bicyclic) bond motifs is 1. The van der Waals surface area contributed by atoms with Gasteiger partial charge in [0.1, 0.15) is 5.60 Å². The number of amides is 1. The van der Waals surface area contributed by atoms with Gasteiger partial charge >= 0.3 is 5.97 Å². The highest BCUT2D eigenvalue weighted by atomic mass is 16.6. The van der Waals surface area contributed by atoms with Crippen LogP contribution in [0.15, 0.2) is 91.0 Å². The molecule has 1 amide bonds. The topological polar surface area (TPSA) is 60.3 Å². The van der Waals surface area contributed by atoms with Gasteiger partial charge in [-0.25, -0.2) is 4.79 Å². The first-order chi connectivity index (χ1) is 21.3. The average Bonchev–Trinajstić information content (AvgIpc) is 3.24. The molecule has 1 heterocycles. The van der Waals surface area contributed by atoms with Gasteiger partial charge in [0.2, 0.25) is 0 Å². The molecule has 1 aromatic heterocycles. The van der Waals surface area contributed by atoms with Gasteiger partial charge in [0, 0.05) is 28.7 Å². The van der Waals surface area contributed by atoms with Gasteiger partial charge in [-0.1, -0.05) is 80.6 Å². The molecule has 0 fully saturated rings. The summed E-state index contributed by atoms with van der Waals surface area (Å²) >= 11 is 0. The molecule has 5 nitrogen and oxygen atoms in total. The average molecular weight is 601 g/mol. The number of hydrogen-bond acceptors (Lipinski definition) is 3. The second-order valence-electron chi connectivity index (χ2n) is 13.3. The summed E-state index contributed by atoms with van der Waals surface area (Å²) in [7, 11) is 0. The molecule has 0 saturated heterocycles. The summed E-state index contributed by atoms with van der Waals surface area (Å²) in [6, 6.07) is 30.2. The fourth-order valence-corrected chi connectivity index (χ4v) is 5.76. The summed E-state index contributed by atoms with van der Waals surface area (Å²) in [5, 5.41) is 4.27. The number of carbonyl (C=O) groups is 2. The normalized spacial score (nSPS) is 12.4. The lowest BCUT2D eigenvalue weighted by Gasteiger charge is -2.20. The van der Waals surface area contributed by atoms with Crippen LogP contribution in [0.4, 0.5) is 0 Å². The quantitative estimate of drug-likeness (QED) is 0.180. The van der Waals surface area contributed by atoms with Crippen LogP contribution in [0.25, 0.3) is 22.0 Å². The monoisotopic (exact) mass is 600 g/mol. The van der Waals surface area contributed by atoms with E-state index < -0.39 is 5.60 Å². The first-order valence-corrected chi connectivity index (χ1v) is 15.7. The molecule has 1 atom stereocenters. The Morgan fingerprint density at radius 3 is 2.20 bits per heavy atom. The van der Waals surface area contributed by atoms with Crippen molar-refractivity contribution in [3.05, 3.63) is 130 Å². The minimum Gasteiger partial charge on any atom is -0.456 e. The van der Waals surface area contributed by atoms with Gasteiger partial charge in [0.15, 0.2) is 0 Å². The number of hydrogen-bond donors (Lipinski definition) is 1. The number of carbonyl (C=O) groups excluding carboxylic acids is 2. The third-order valence-corrected chi connectivity index (χ3v) is 8.48. The van der Waals surface area contributed by atoms with E-state index in [1.165, 1.54) is 16.8 Å². The summed E-state index contributed by atoms with van der Waals surface area (Å²) in [5.74, 6) is 0.0330. The summed E-state index contributed by atoms with van der Waals surface area (Å²) in [6.07, 6.45) is 0. The van der Waals surface area contributed by atoms with Gasteiger partial charge < -0.3 is 14.6 Å². The third kappa shape index (κ3) is 7.04. The van der Waals surface area contributed by atoms with Crippen LogP contribution in [0.5, 0.6) is 0 Å². The summed E-state index contributed by atoms with van der Waals surface area (Å²) < 4.78 is 7.95. The Morgan fingerprint density at radius 2 is 1.51 bits per heavy atom. The molecule has 0 bridgehead atoms. The molecule has 0 saturated carbocycles. The number of aromatic nitrogens is 1. The number of esters is 1. The van der Waals surface area contributed by atoms with Crippen LogP contribution in [0.1, 0.15) is 102 Å². The number of nitrogens with one attached hydrogen (secondary N) is 1. The molecule has 5 heteroatoms. The van der Waals surface area contributed by atoms with E-state index in [9.17, 15) is 9.59 Å². The van der Waals surface area contributed by atoms with Crippen molar-refractivity contribution in [3.63, 3.8) is 0 Å². The molecule has 0 radical (unpaired) electrons. The van der Waals surface area contributed by atoms with Crippen LogP contribution in [0.3, 0.4) is 0 Å². The standard InChI is InChI=1S/C40H44N2O3/c1-25(2)31-12-11-13-32(22-31)27(4)41-38(43)33-20-21-37-36(23-33)26(3)28(5)42(37)24-29-16-18-30(19-17-29)34-14-9-10-15-35(34)39(44)45-40(6,7)8/h9-23,25,27H,24H2,1-8H3,(H,41,43)/t27-/m0/s1. The Bertz CT molecular complexity index is 1860. The second kappa shape index (κ2) is 12.8. The highest BCUT2D eigenvalue weighted by Crippen LogP contribution is 2.30. The first-order valence-electron chi connectivity index (χ1n) is 15.7. The van der Waals surface area contributed by atoms with Crippen molar-refractivity contribution < 1.29 is 14.3 Å². The van der Waals surface area contributed by atoms with Gasteiger partial charge in [0.05, 0.1) is 11.6 Å². The summed E-state index contributed by atoms with van der Waals surface area (Å²) in [5.41, 5.74) is 9.41. The maximum atomic E-state index is 13.3. The Balaban J connectivity index is 1.35. The van der Waals surface area contributed by atoms with Crippen molar-refractivity contribution in [2.24, 2.45) is 0 Å². The molecule has 5 aromatic rings. The van der Waals surface area contributed by atoms with Crippen LogP contribution in [-0.2, 0) is 11.3 Å². The molecule has 0 aliphatic heterocycles. The molecule has 0 unspecified atom stereocenters. The molecule has 5 rings (SSSR count). The highest BCUT2D eigenvalue weighted by Gasteiger charge is 2.21. The Hall–Kier alpha value is -4.64. The molecule has 45 heavy (non-hydrogen) atoms. The summed E-state index contributed by atoms with van der Waals surface area (Å²) in [4.78, 5) is 26.2. The van der Waals surface area contributed by atoms with Crippen LogP contribution in [-0.4, -0.2) is 22.0 Å². The van der Waals surface area contributed by atoms with Crippen molar-refractivity contribution >= 4 is 22.8 Å². The van der Waals surface area contributed by atoms with E-state index in [1.807, 2.05) is 64.1 Å². The van der Waals surface area contributed by atoms with Crippen LogP contribution in [0.2, 0.25) is 0 Å². The molecular formula is C40H44N2O3. The van der Waals surface area contributed by atoms with Crippen molar-refractivity contribution in [2.45, 2.75) is 79.5 Å². The second-order valence-corrected chi connectivity index (χ2v) is 13.3. The zero-order valence-corrected chi connectivity index (χ0v) is 27.7. The maximum absolute atomic E-state index is 13.3. The van der Waals surface area contributed by atoms with E-state index in [2.05, 4.69) is 92.2 Å². The van der Waals surface area contributed by atoms with Gasteiger partial charge in [-0.15, -0.1) is 0 Å². The minimum atomic E-state index is -0.563. The van der Waals surface area contributed by atoms with Crippen LogP contribution in [0, 0.1) is 13.8 Å².